The lowest BCUT2D eigenvalue weighted by Gasteiger charge is -2.16. The quantitative estimate of drug-likeness (QED) is 0.805. The van der Waals surface area contributed by atoms with Crippen molar-refractivity contribution in [2.24, 2.45) is 5.73 Å². The lowest BCUT2D eigenvalue weighted by molar-refractivity contribution is 0.314. The molecule has 0 bridgehead atoms. The van der Waals surface area contributed by atoms with Crippen LogP contribution in [0.3, 0.4) is 0 Å². The average molecular weight is 205 g/mol. The monoisotopic (exact) mass is 205 g/mol. The second kappa shape index (κ2) is 4.67. The fraction of sp³-hybridized carbons (Fsp3) is 0.538. The highest BCUT2D eigenvalue weighted by Gasteiger charge is 2.19. The molecule has 0 fully saturated rings. The van der Waals surface area contributed by atoms with Gasteiger partial charge in [-0.05, 0) is 49.8 Å². The molecular weight excluding hydrogens is 186 g/mol. The Morgan fingerprint density at radius 3 is 3.13 bits per heavy atom. The predicted octanol–water partition coefficient (Wildman–Crippen LogP) is 2.60. The van der Waals surface area contributed by atoms with E-state index in [4.69, 9.17) is 10.5 Å². The first kappa shape index (κ1) is 10.5. The molecular formula is C13H19NO. The molecule has 1 aliphatic rings. The van der Waals surface area contributed by atoms with Gasteiger partial charge in [-0.2, -0.15) is 0 Å². The SMILES string of the molecule is Cc1cccc2c1OCCCC2CCN. The van der Waals surface area contributed by atoms with Crippen LogP contribution >= 0.6 is 0 Å². The molecule has 2 rings (SSSR count). The van der Waals surface area contributed by atoms with Crippen molar-refractivity contribution in [3.8, 4) is 5.75 Å². The fourth-order valence-electron chi connectivity index (χ4n) is 2.35. The molecule has 0 amide bonds. The van der Waals surface area contributed by atoms with Gasteiger partial charge >= 0.3 is 0 Å². The molecule has 1 aromatic rings. The van der Waals surface area contributed by atoms with E-state index in [1.807, 2.05) is 0 Å². The lowest BCUT2D eigenvalue weighted by Crippen LogP contribution is -2.07. The van der Waals surface area contributed by atoms with Gasteiger partial charge in [-0.25, -0.2) is 0 Å². The minimum absolute atomic E-state index is 0.590. The van der Waals surface area contributed by atoms with E-state index in [0.29, 0.717) is 5.92 Å². The average Bonchev–Trinajstić information content (AvgIpc) is 2.43. The number of hydrogen-bond donors (Lipinski definition) is 1. The van der Waals surface area contributed by atoms with E-state index in [9.17, 15) is 0 Å². The zero-order valence-corrected chi connectivity index (χ0v) is 9.33. The third-order valence-electron chi connectivity index (χ3n) is 3.14. The van der Waals surface area contributed by atoms with Crippen LogP contribution in [-0.2, 0) is 0 Å². The number of hydrogen-bond acceptors (Lipinski definition) is 2. The Kier molecular flexibility index (Phi) is 3.27. The van der Waals surface area contributed by atoms with Gasteiger partial charge in [-0.15, -0.1) is 0 Å². The number of nitrogens with two attached hydrogens (primary N) is 1. The fourth-order valence-corrected chi connectivity index (χ4v) is 2.35. The van der Waals surface area contributed by atoms with Crippen molar-refractivity contribution in [2.75, 3.05) is 13.2 Å². The molecule has 0 spiro atoms. The van der Waals surface area contributed by atoms with E-state index in [2.05, 4.69) is 25.1 Å². The lowest BCUT2D eigenvalue weighted by atomic mass is 9.90. The molecule has 2 N–H and O–H groups in total. The van der Waals surface area contributed by atoms with Crippen LogP contribution in [0.2, 0.25) is 0 Å². The van der Waals surface area contributed by atoms with Gasteiger partial charge in [0, 0.05) is 0 Å². The molecule has 1 atom stereocenters. The summed E-state index contributed by atoms with van der Waals surface area (Å²) in [5.41, 5.74) is 8.27. The Hall–Kier alpha value is -1.02. The first-order chi connectivity index (χ1) is 7.33. The van der Waals surface area contributed by atoms with Crippen molar-refractivity contribution >= 4 is 0 Å². The first-order valence-electron chi connectivity index (χ1n) is 5.75. The molecule has 2 nitrogen and oxygen atoms in total. The van der Waals surface area contributed by atoms with E-state index in [-0.39, 0.29) is 0 Å². The van der Waals surface area contributed by atoms with Crippen LogP contribution in [0.1, 0.15) is 36.3 Å². The van der Waals surface area contributed by atoms with Crippen molar-refractivity contribution in [1.82, 2.24) is 0 Å². The van der Waals surface area contributed by atoms with Gasteiger partial charge in [-0.3, -0.25) is 0 Å². The van der Waals surface area contributed by atoms with Crippen LogP contribution in [0.25, 0.3) is 0 Å². The zero-order valence-electron chi connectivity index (χ0n) is 9.33. The predicted molar refractivity (Wildman–Crippen MR) is 62.3 cm³/mol. The maximum Gasteiger partial charge on any atom is 0.125 e. The van der Waals surface area contributed by atoms with Gasteiger partial charge in [0.15, 0.2) is 0 Å². The molecule has 0 saturated carbocycles. The maximum atomic E-state index is 5.81. The molecule has 1 unspecified atom stereocenters. The van der Waals surface area contributed by atoms with Crippen molar-refractivity contribution in [3.63, 3.8) is 0 Å². The molecule has 0 saturated heterocycles. The molecule has 15 heavy (non-hydrogen) atoms. The van der Waals surface area contributed by atoms with Crippen LogP contribution in [-0.4, -0.2) is 13.2 Å². The van der Waals surface area contributed by atoms with Crippen LogP contribution in [0.15, 0.2) is 18.2 Å². The Balaban J connectivity index is 2.36. The summed E-state index contributed by atoms with van der Waals surface area (Å²) in [5, 5.41) is 0. The molecule has 0 radical (unpaired) electrons. The van der Waals surface area contributed by atoms with Crippen molar-refractivity contribution in [3.05, 3.63) is 29.3 Å². The van der Waals surface area contributed by atoms with Crippen molar-refractivity contribution in [2.45, 2.75) is 32.1 Å². The molecule has 0 aromatic heterocycles. The molecule has 1 aromatic carbocycles. The summed E-state index contributed by atoms with van der Waals surface area (Å²) in [6.07, 6.45) is 3.41. The molecule has 1 aliphatic heterocycles. The summed E-state index contributed by atoms with van der Waals surface area (Å²) < 4.78 is 5.81. The maximum absolute atomic E-state index is 5.81. The van der Waals surface area contributed by atoms with Crippen molar-refractivity contribution < 1.29 is 4.74 Å². The highest BCUT2D eigenvalue weighted by atomic mass is 16.5. The highest BCUT2D eigenvalue weighted by molar-refractivity contribution is 5.43. The first-order valence-corrected chi connectivity index (χ1v) is 5.75. The van der Waals surface area contributed by atoms with Gasteiger partial charge in [0.25, 0.3) is 0 Å². The van der Waals surface area contributed by atoms with Crippen LogP contribution < -0.4 is 10.5 Å². The largest absolute Gasteiger partial charge is 0.493 e. The minimum Gasteiger partial charge on any atom is -0.493 e. The third-order valence-corrected chi connectivity index (χ3v) is 3.14. The molecule has 1 heterocycles. The van der Waals surface area contributed by atoms with E-state index in [1.54, 1.807) is 0 Å². The van der Waals surface area contributed by atoms with Crippen LogP contribution in [0, 0.1) is 6.92 Å². The number of aryl methyl sites for hydroxylation is 1. The van der Waals surface area contributed by atoms with E-state index < -0.39 is 0 Å². The van der Waals surface area contributed by atoms with Crippen LogP contribution in [0.4, 0.5) is 0 Å². The van der Waals surface area contributed by atoms with Crippen LogP contribution in [0.5, 0.6) is 5.75 Å². The number of benzene rings is 1. The van der Waals surface area contributed by atoms with E-state index >= 15 is 0 Å². The number of fused-ring (bicyclic) bond motifs is 1. The Morgan fingerprint density at radius 1 is 1.47 bits per heavy atom. The summed E-state index contributed by atoms with van der Waals surface area (Å²) in [6, 6.07) is 6.42. The summed E-state index contributed by atoms with van der Waals surface area (Å²) in [7, 11) is 0. The van der Waals surface area contributed by atoms with Gasteiger partial charge in [0.05, 0.1) is 6.61 Å². The Bertz CT molecular complexity index is 335. The van der Waals surface area contributed by atoms with Crippen molar-refractivity contribution in [1.29, 1.82) is 0 Å². The number of ether oxygens (including phenoxy) is 1. The topological polar surface area (TPSA) is 35.2 Å². The van der Waals surface area contributed by atoms with Gasteiger partial charge in [0.1, 0.15) is 5.75 Å². The molecule has 0 aliphatic carbocycles. The minimum atomic E-state index is 0.590. The smallest absolute Gasteiger partial charge is 0.125 e. The third kappa shape index (κ3) is 2.15. The second-order valence-electron chi connectivity index (χ2n) is 4.26. The molecule has 82 valence electrons. The van der Waals surface area contributed by atoms with E-state index in [0.717, 1.165) is 31.7 Å². The normalized spacial score (nSPS) is 20.3. The number of para-hydroxylation sites is 1. The zero-order chi connectivity index (χ0) is 10.7. The van der Waals surface area contributed by atoms with E-state index in [1.165, 1.54) is 17.5 Å². The summed E-state index contributed by atoms with van der Waals surface area (Å²) in [6.45, 7) is 3.72. The Labute approximate surface area is 91.4 Å². The standard InChI is InChI=1S/C13H19NO/c1-10-4-2-6-12-11(7-8-14)5-3-9-15-13(10)12/h2,4,6,11H,3,5,7-9,14H2,1H3. The highest BCUT2D eigenvalue weighted by Crippen LogP contribution is 2.36. The number of rotatable bonds is 2. The van der Waals surface area contributed by atoms with Gasteiger partial charge in [0.2, 0.25) is 0 Å². The summed E-state index contributed by atoms with van der Waals surface area (Å²) in [4.78, 5) is 0. The Morgan fingerprint density at radius 2 is 2.33 bits per heavy atom. The van der Waals surface area contributed by atoms with Gasteiger partial charge < -0.3 is 10.5 Å². The second-order valence-corrected chi connectivity index (χ2v) is 4.26. The van der Waals surface area contributed by atoms with Gasteiger partial charge in [-0.1, -0.05) is 18.2 Å². The summed E-state index contributed by atoms with van der Waals surface area (Å²) >= 11 is 0. The molecule has 2 heteroatoms. The summed E-state index contributed by atoms with van der Waals surface area (Å²) in [5.74, 6) is 1.70.